The van der Waals surface area contributed by atoms with Gasteiger partial charge in [0, 0.05) is 6.54 Å². The van der Waals surface area contributed by atoms with Crippen molar-refractivity contribution in [3.63, 3.8) is 0 Å². The molecule has 0 unspecified atom stereocenters. The number of halogens is 3. The Labute approximate surface area is 203 Å². The van der Waals surface area contributed by atoms with Crippen molar-refractivity contribution < 1.29 is 19.1 Å². The van der Waals surface area contributed by atoms with Gasteiger partial charge >= 0.3 is 0 Å². The van der Waals surface area contributed by atoms with Gasteiger partial charge in [-0.3, -0.25) is 14.5 Å². The Hall–Kier alpha value is -1.93. The van der Waals surface area contributed by atoms with Crippen LogP contribution in [0.5, 0.6) is 11.5 Å². The Kier molecular flexibility index (Phi) is 8.11. The molecule has 1 aliphatic heterocycles. The van der Waals surface area contributed by atoms with Gasteiger partial charge in [0.15, 0.2) is 11.5 Å². The van der Waals surface area contributed by atoms with Crippen LogP contribution in [0.25, 0.3) is 6.08 Å². The van der Waals surface area contributed by atoms with Gasteiger partial charge in [0.2, 0.25) is 0 Å². The van der Waals surface area contributed by atoms with Gasteiger partial charge in [0.05, 0.1) is 26.0 Å². The van der Waals surface area contributed by atoms with E-state index in [0.29, 0.717) is 43.1 Å². The SMILES string of the molecule is C=CCN1C(=O)S/C(=C/c2cc(Br)c(OCc3ccc(Cl)c(Cl)c3)c(OCC)c2)C1=O. The highest BCUT2D eigenvalue weighted by atomic mass is 79.9. The summed E-state index contributed by atoms with van der Waals surface area (Å²) in [7, 11) is 0. The molecule has 1 heterocycles. The molecule has 2 aromatic carbocycles. The van der Waals surface area contributed by atoms with Gasteiger partial charge in [0.25, 0.3) is 11.1 Å². The van der Waals surface area contributed by atoms with Crippen molar-refractivity contribution >= 4 is 68.1 Å². The molecule has 3 rings (SSSR count). The van der Waals surface area contributed by atoms with E-state index in [1.807, 2.05) is 13.0 Å². The molecule has 31 heavy (non-hydrogen) atoms. The zero-order chi connectivity index (χ0) is 22.5. The van der Waals surface area contributed by atoms with Gasteiger partial charge in [-0.25, -0.2) is 0 Å². The third kappa shape index (κ3) is 5.66. The molecule has 1 aliphatic rings. The van der Waals surface area contributed by atoms with Crippen molar-refractivity contribution in [1.29, 1.82) is 0 Å². The number of nitrogens with zero attached hydrogens (tertiary/aromatic N) is 1. The van der Waals surface area contributed by atoms with Crippen molar-refractivity contribution in [2.75, 3.05) is 13.2 Å². The minimum absolute atomic E-state index is 0.178. The van der Waals surface area contributed by atoms with Crippen molar-refractivity contribution in [3.05, 3.63) is 73.5 Å². The predicted octanol–water partition coefficient (Wildman–Crippen LogP) is 6.96. The fourth-order valence-corrected chi connectivity index (χ4v) is 4.54. The molecule has 162 valence electrons. The Morgan fingerprint density at radius 3 is 2.61 bits per heavy atom. The third-order valence-electron chi connectivity index (χ3n) is 4.18. The quantitative estimate of drug-likeness (QED) is 0.266. The molecule has 0 saturated carbocycles. The lowest BCUT2D eigenvalue weighted by Gasteiger charge is -2.15. The van der Waals surface area contributed by atoms with Gasteiger partial charge in [-0.1, -0.05) is 35.3 Å². The summed E-state index contributed by atoms with van der Waals surface area (Å²) in [6.45, 7) is 6.31. The van der Waals surface area contributed by atoms with Crippen LogP contribution in [0, 0.1) is 0 Å². The highest BCUT2D eigenvalue weighted by Gasteiger charge is 2.34. The molecule has 0 N–H and O–H groups in total. The van der Waals surface area contributed by atoms with Crippen LogP contribution in [-0.2, 0) is 11.4 Å². The largest absolute Gasteiger partial charge is 0.490 e. The summed E-state index contributed by atoms with van der Waals surface area (Å²) < 4.78 is 12.4. The number of carbonyl (C=O) groups excluding carboxylic acids is 2. The number of hydrogen-bond acceptors (Lipinski definition) is 5. The van der Waals surface area contributed by atoms with Crippen molar-refractivity contribution in [2.24, 2.45) is 0 Å². The molecule has 0 aromatic heterocycles. The Balaban J connectivity index is 1.86. The van der Waals surface area contributed by atoms with E-state index in [4.69, 9.17) is 32.7 Å². The van der Waals surface area contributed by atoms with E-state index < -0.39 is 0 Å². The number of carbonyl (C=O) groups is 2. The summed E-state index contributed by atoms with van der Waals surface area (Å²) in [5.41, 5.74) is 1.55. The predicted molar refractivity (Wildman–Crippen MR) is 129 cm³/mol. The van der Waals surface area contributed by atoms with E-state index in [2.05, 4.69) is 22.5 Å². The normalized spacial score (nSPS) is 15.0. The van der Waals surface area contributed by atoms with Gasteiger partial charge in [-0.05, 0) is 76.1 Å². The zero-order valence-electron chi connectivity index (χ0n) is 16.5. The summed E-state index contributed by atoms with van der Waals surface area (Å²) in [5, 5.41) is 0.609. The Morgan fingerprint density at radius 1 is 1.16 bits per heavy atom. The smallest absolute Gasteiger partial charge is 0.293 e. The number of rotatable bonds is 8. The highest BCUT2D eigenvalue weighted by Crippen LogP contribution is 2.40. The molecule has 5 nitrogen and oxygen atoms in total. The Bertz CT molecular complexity index is 1070. The lowest BCUT2D eigenvalue weighted by Crippen LogP contribution is -2.27. The number of thioether (sulfide) groups is 1. The fourth-order valence-electron chi connectivity index (χ4n) is 2.80. The van der Waals surface area contributed by atoms with Crippen molar-refractivity contribution in [1.82, 2.24) is 4.90 Å². The van der Waals surface area contributed by atoms with E-state index in [9.17, 15) is 9.59 Å². The number of hydrogen-bond donors (Lipinski definition) is 0. The Morgan fingerprint density at radius 2 is 1.94 bits per heavy atom. The minimum Gasteiger partial charge on any atom is -0.490 e. The molecule has 0 radical (unpaired) electrons. The first kappa shape index (κ1) is 23.7. The van der Waals surface area contributed by atoms with E-state index in [-0.39, 0.29) is 24.3 Å². The van der Waals surface area contributed by atoms with Crippen LogP contribution in [0.2, 0.25) is 10.0 Å². The van der Waals surface area contributed by atoms with Crippen molar-refractivity contribution in [2.45, 2.75) is 13.5 Å². The van der Waals surface area contributed by atoms with Gasteiger partial charge in [0.1, 0.15) is 6.61 Å². The number of benzene rings is 2. The summed E-state index contributed by atoms with van der Waals surface area (Å²) >= 11 is 16.4. The summed E-state index contributed by atoms with van der Waals surface area (Å²) in [4.78, 5) is 26.0. The van der Waals surface area contributed by atoms with Gasteiger partial charge < -0.3 is 9.47 Å². The maximum Gasteiger partial charge on any atom is 0.293 e. The molecule has 0 atom stereocenters. The van der Waals surface area contributed by atoms with Crippen LogP contribution in [0.3, 0.4) is 0 Å². The number of amides is 2. The second-order valence-corrected chi connectivity index (χ2v) is 9.04. The van der Waals surface area contributed by atoms with Crippen LogP contribution in [0.4, 0.5) is 4.79 Å². The third-order valence-corrected chi connectivity index (χ3v) is 6.42. The summed E-state index contributed by atoms with van der Waals surface area (Å²) in [6.07, 6.45) is 3.17. The standard InChI is InChI=1S/C22H18BrCl2NO4S/c1-3-7-26-21(27)19(31-22(26)28)11-14-8-15(23)20(18(10-14)29-4-2)30-12-13-5-6-16(24)17(25)9-13/h3,5-6,8-11H,1,4,7,12H2,2H3/b19-11+. The maximum absolute atomic E-state index is 12.5. The first-order chi connectivity index (χ1) is 14.8. The molecule has 2 amide bonds. The van der Waals surface area contributed by atoms with E-state index >= 15 is 0 Å². The average molecular weight is 543 g/mol. The van der Waals surface area contributed by atoms with Crippen LogP contribution < -0.4 is 9.47 Å². The second-order valence-electron chi connectivity index (χ2n) is 6.38. The van der Waals surface area contributed by atoms with Crippen LogP contribution in [-0.4, -0.2) is 29.2 Å². The lowest BCUT2D eigenvalue weighted by molar-refractivity contribution is -0.122. The van der Waals surface area contributed by atoms with E-state index in [0.717, 1.165) is 22.2 Å². The molecule has 0 aliphatic carbocycles. The van der Waals surface area contributed by atoms with Crippen LogP contribution >= 0.6 is 50.9 Å². The topological polar surface area (TPSA) is 55.8 Å². The first-order valence-electron chi connectivity index (χ1n) is 9.23. The minimum atomic E-state index is -0.344. The lowest BCUT2D eigenvalue weighted by atomic mass is 10.1. The van der Waals surface area contributed by atoms with Gasteiger partial charge in [-0.15, -0.1) is 6.58 Å². The zero-order valence-corrected chi connectivity index (χ0v) is 20.4. The molecule has 1 fully saturated rings. The summed E-state index contributed by atoms with van der Waals surface area (Å²) in [6, 6.07) is 8.85. The fraction of sp³-hybridized carbons (Fsp3) is 0.182. The van der Waals surface area contributed by atoms with Gasteiger partial charge in [-0.2, -0.15) is 0 Å². The molecular formula is C22H18BrCl2NO4S. The molecule has 9 heteroatoms. The number of imide groups is 1. The monoisotopic (exact) mass is 541 g/mol. The van der Waals surface area contributed by atoms with Crippen LogP contribution in [0.1, 0.15) is 18.1 Å². The van der Waals surface area contributed by atoms with E-state index in [1.54, 1.807) is 30.3 Å². The highest BCUT2D eigenvalue weighted by molar-refractivity contribution is 9.10. The maximum atomic E-state index is 12.5. The second kappa shape index (κ2) is 10.6. The average Bonchev–Trinajstić information content (AvgIpc) is 2.98. The first-order valence-corrected chi connectivity index (χ1v) is 11.6. The molecule has 2 aromatic rings. The molecule has 1 saturated heterocycles. The molecule has 0 bridgehead atoms. The number of ether oxygens (including phenoxy) is 2. The molecule has 0 spiro atoms. The van der Waals surface area contributed by atoms with E-state index in [1.165, 1.54) is 6.08 Å². The van der Waals surface area contributed by atoms with Crippen LogP contribution in [0.15, 0.2) is 52.4 Å². The van der Waals surface area contributed by atoms with Crippen molar-refractivity contribution in [3.8, 4) is 11.5 Å². The molecular weight excluding hydrogens is 525 g/mol. The summed E-state index contributed by atoms with van der Waals surface area (Å²) in [5.74, 6) is 0.683.